The third kappa shape index (κ3) is 2.64. The van der Waals surface area contributed by atoms with Gasteiger partial charge in [0, 0.05) is 14.6 Å². The van der Waals surface area contributed by atoms with Crippen LogP contribution in [0.3, 0.4) is 0 Å². The van der Waals surface area contributed by atoms with Crippen molar-refractivity contribution in [1.29, 1.82) is 0 Å². The minimum atomic E-state index is -0.374. The van der Waals surface area contributed by atoms with E-state index in [0.717, 1.165) is 10.1 Å². The molecule has 0 bridgehead atoms. The topological polar surface area (TPSA) is 55.1 Å². The first-order chi connectivity index (χ1) is 10.1. The van der Waals surface area contributed by atoms with Gasteiger partial charge in [-0.25, -0.2) is 4.39 Å². The van der Waals surface area contributed by atoms with E-state index in [1.54, 1.807) is 0 Å². The molecule has 21 heavy (non-hydrogen) atoms. The van der Waals surface area contributed by atoms with Crippen LogP contribution >= 0.6 is 27.3 Å². The Morgan fingerprint density at radius 1 is 1.24 bits per heavy atom. The largest absolute Gasteiger partial charge is 0.397 e. The van der Waals surface area contributed by atoms with Crippen LogP contribution in [0, 0.1) is 5.82 Å². The van der Waals surface area contributed by atoms with E-state index >= 15 is 0 Å². The van der Waals surface area contributed by atoms with Crippen LogP contribution in [0.2, 0.25) is 0 Å². The molecule has 1 amide bonds. The molecule has 1 aromatic heterocycles. The first-order valence-corrected chi connectivity index (χ1v) is 7.70. The molecule has 0 saturated heterocycles. The van der Waals surface area contributed by atoms with Gasteiger partial charge in [0.25, 0.3) is 5.91 Å². The van der Waals surface area contributed by atoms with Crippen molar-refractivity contribution in [3.05, 3.63) is 57.6 Å². The summed E-state index contributed by atoms with van der Waals surface area (Å²) in [5.41, 5.74) is 7.00. The second kappa shape index (κ2) is 5.46. The second-order valence-electron chi connectivity index (χ2n) is 4.42. The van der Waals surface area contributed by atoms with Gasteiger partial charge >= 0.3 is 0 Å². The Kier molecular flexibility index (Phi) is 3.65. The fraction of sp³-hybridized carbons (Fsp3) is 0. The van der Waals surface area contributed by atoms with E-state index in [9.17, 15) is 9.18 Å². The predicted molar refractivity (Wildman–Crippen MR) is 88.3 cm³/mol. The van der Waals surface area contributed by atoms with E-state index in [1.165, 1.54) is 29.5 Å². The van der Waals surface area contributed by atoms with E-state index in [-0.39, 0.29) is 11.7 Å². The lowest BCUT2D eigenvalue weighted by molar-refractivity contribution is 0.103. The third-order valence-electron chi connectivity index (χ3n) is 3.02. The molecule has 0 atom stereocenters. The number of rotatable bonds is 2. The third-order valence-corrected chi connectivity index (χ3v) is 4.86. The van der Waals surface area contributed by atoms with Crippen molar-refractivity contribution < 1.29 is 9.18 Å². The molecule has 3 rings (SSSR count). The highest BCUT2D eigenvalue weighted by Crippen LogP contribution is 2.34. The van der Waals surface area contributed by atoms with Crippen LogP contribution in [0.25, 0.3) is 10.1 Å². The van der Waals surface area contributed by atoms with Gasteiger partial charge in [0.2, 0.25) is 0 Å². The number of fused-ring (bicyclic) bond motifs is 1. The smallest absolute Gasteiger partial charge is 0.267 e. The Balaban J connectivity index is 1.95. The van der Waals surface area contributed by atoms with E-state index in [0.29, 0.717) is 20.7 Å². The molecular weight excluding hydrogens is 355 g/mol. The lowest BCUT2D eigenvalue weighted by atomic mass is 10.2. The minimum absolute atomic E-state index is 0.305. The molecule has 106 valence electrons. The average Bonchev–Trinajstić information content (AvgIpc) is 2.80. The number of hydrogen-bond donors (Lipinski definition) is 2. The van der Waals surface area contributed by atoms with Gasteiger partial charge in [-0.1, -0.05) is 18.2 Å². The molecule has 0 fully saturated rings. The van der Waals surface area contributed by atoms with Crippen LogP contribution in [0.5, 0.6) is 0 Å². The van der Waals surface area contributed by atoms with Crippen molar-refractivity contribution >= 4 is 54.6 Å². The zero-order valence-corrected chi connectivity index (χ0v) is 13.1. The summed E-state index contributed by atoms with van der Waals surface area (Å²) in [4.78, 5) is 12.8. The molecule has 6 heteroatoms. The summed E-state index contributed by atoms with van der Waals surface area (Å²) < 4.78 is 14.5. The van der Waals surface area contributed by atoms with Crippen LogP contribution in [-0.2, 0) is 0 Å². The van der Waals surface area contributed by atoms with Gasteiger partial charge in [-0.15, -0.1) is 11.3 Å². The van der Waals surface area contributed by atoms with Gasteiger partial charge in [0.05, 0.1) is 11.4 Å². The quantitative estimate of drug-likeness (QED) is 0.695. The van der Waals surface area contributed by atoms with Crippen LogP contribution in [0.15, 0.2) is 46.9 Å². The minimum Gasteiger partial charge on any atom is -0.397 e. The Bertz CT molecular complexity index is 847. The van der Waals surface area contributed by atoms with Crippen LogP contribution in [0.4, 0.5) is 15.8 Å². The maximum absolute atomic E-state index is 13.1. The number of thiophene rings is 1. The Labute approximate surface area is 132 Å². The van der Waals surface area contributed by atoms with Gasteiger partial charge < -0.3 is 11.1 Å². The summed E-state index contributed by atoms with van der Waals surface area (Å²) in [6.45, 7) is 0. The van der Waals surface area contributed by atoms with Gasteiger partial charge in [-0.2, -0.15) is 0 Å². The Morgan fingerprint density at radius 3 is 2.71 bits per heavy atom. The monoisotopic (exact) mass is 364 g/mol. The summed E-state index contributed by atoms with van der Waals surface area (Å²) in [7, 11) is 0. The maximum atomic E-state index is 13.1. The first kappa shape index (κ1) is 14.0. The lowest BCUT2D eigenvalue weighted by Gasteiger charge is -2.06. The number of hydrogen-bond acceptors (Lipinski definition) is 3. The molecular formula is C15H10BrFN2OS. The van der Waals surface area contributed by atoms with E-state index in [1.807, 2.05) is 24.3 Å². The molecule has 0 saturated carbocycles. The van der Waals surface area contributed by atoms with Crippen LogP contribution < -0.4 is 11.1 Å². The Hall–Kier alpha value is -1.92. The van der Waals surface area contributed by atoms with Crippen molar-refractivity contribution in [2.24, 2.45) is 0 Å². The number of carbonyl (C=O) groups is 1. The van der Waals surface area contributed by atoms with Gasteiger partial charge in [-0.05, 0) is 40.2 Å². The number of halogens is 2. The normalized spacial score (nSPS) is 10.8. The molecule has 3 aromatic rings. The fourth-order valence-corrected chi connectivity index (χ4v) is 3.47. The summed E-state index contributed by atoms with van der Waals surface area (Å²) in [6, 6.07) is 11.7. The molecule has 3 N–H and O–H groups in total. The molecule has 3 nitrogen and oxygen atoms in total. The maximum Gasteiger partial charge on any atom is 0.267 e. The molecule has 1 heterocycles. The number of nitrogens with two attached hydrogens (primary N) is 1. The van der Waals surface area contributed by atoms with Crippen LogP contribution in [-0.4, -0.2) is 5.91 Å². The highest BCUT2D eigenvalue weighted by molar-refractivity contribution is 9.10. The van der Waals surface area contributed by atoms with Gasteiger partial charge in [0.1, 0.15) is 10.7 Å². The summed E-state index contributed by atoms with van der Waals surface area (Å²) in [5.74, 6) is -0.678. The van der Waals surface area contributed by atoms with Crippen LogP contribution in [0.1, 0.15) is 9.67 Å². The van der Waals surface area contributed by atoms with E-state index in [4.69, 9.17) is 5.73 Å². The standard InChI is InChI=1S/C15H10BrFN2OS/c16-10-7-8(17)5-6-11(10)19-15(20)14-13(18)9-3-1-2-4-12(9)21-14/h1-7H,18H2,(H,19,20). The van der Waals surface area contributed by atoms with Crippen molar-refractivity contribution in [3.8, 4) is 0 Å². The molecule has 0 unspecified atom stereocenters. The van der Waals surface area contributed by atoms with Crippen molar-refractivity contribution in [1.82, 2.24) is 0 Å². The summed E-state index contributed by atoms with van der Waals surface area (Å²) >= 11 is 4.55. The summed E-state index contributed by atoms with van der Waals surface area (Å²) in [5, 5.41) is 3.60. The van der Waals surface area contributed by atoms with Crippen molar-refractivity contribution in [3.63, 3.8) is 0 Å². The van der Waals surface area contributed by atoms with E-state index in [2.05, 4.69) is 21.2 Å². The highest BCUT2D eigenvalue weighted by Gasteiger charge is 2.17. The molecule has 0 aliphatic carbocycles. The fourth-order valence-electron chi connectivity index (χ4n) is 2.00. The molecule has 0 aliphatic heterocycles. The van der Waals surface area contributed by atoms with E-state index < -0.39 is 0 Å². The number of nitrogens with one attached hydrogen (secondary N) is 1. The zero-order valence-electron chi connectivity index (χ0n) is 10.7. The molecule has 0 aliphatic rings. The second-order valence-corrected chi connectivity index (χ2v) is 6.33. The predicted octanol–water partition coefficient (Wildman–Crippen LogP) is 4.64. The zero-order chi connectivity index (χ0) is 15.0. The van der Waals surface area contributed by atoms with Crippen molar-refractivity contribution in [2.45, 2.75) is 0 Å². The van der Waals surface area contributed by atoms with Gasteiger partial charge in [-0.3, -0.25) is 4.79 Å². The number of benzene rings is 2. The Morgan fingerprint density at radius 2 is 2.00 bits per heavy atom. The van der Waals surface area contributed by atoms with Crippen molar-refractivity contribution in [2.75, 3.05) is 11.1 Å². The lowest BCUT2D eigenvalue weighted by Crippen LogP contribution is -2.12. The number of nitrogen functional groups attached to an aromatic ring is 1. The van der Waals surface area contributed by atoms with Gasteiger partial charge in [0.15, 0.2) is 0 Å². The number of anilines is 2. The highest BCUT2D eigenvalue weighted by atomic mass is 79.9. The molecule has 0 spiro atoms. The average molecular weight is 365 g/mol. The number of carbonyl (C=O) groups excluding carboxylic acids is 1. The molecule has 2 aromatic carbocycles. The summed E-state index contributed by atoms with van der Waals surface area (Å²) in [6.07, 6.45) is 0. The SMILES string of the molecule is Nc1c(C(=O)Nc2ccc(F)cc2Br)sc2ccccc12. The number of amides is 1. The first-order valence-electron chi connectivity index (χ1n) is 6.09. The molecule has 0 radical (unpaired) electrons.